The number of hydrogen-bond donors (Lipinski definition) is 1. The van der Waals surface area contributed by atoms with Crippen LogP contribution in [0.4, 0.5) is 4.39 Å². The van der Waals surface area contributed by atoms with Crippen LogP contribution in [0.3, 0.4) is 0 Å². The molecule has 0 aliphatic carbocycles. The average Bonchev–Trinajstić information content (AvgIpc) is 2.66. The third-order valence-electron chi connectivity index (χ3n) is 2.49. The maximum Gasteiger partial charge on any atom is 0.160 e. The Hall–Kier alpha value is -1.46. The summed E-state index contributed by atoms with van der Waals surface area (Å²) in [5.41, 5.74) is 2.45. The fourth-order valence-electron chi connectivity index (χ4n) is 1.62. The first kappa shape index (κ1) is 12.0. The van der Waals surface area contributed by atoms with E-state index in [9.17, 15) is 4.39 Å². The molecule has 0 unspecified atom stereocenters. The molecule has 2 aromatic rings. The lowest BCUT2D eigenvalue weighted by molar-refractivity contribution is 0.622. The summed E-state index contributed by atoms with van der Waals surface area (Å²) in [5.74, 6) is -0.519. The van der Waals surface area contributed by atoms with Crippen LogP contribution in [0, 0.1) is 5.82 Å². The topological polar surface area (TPSA) is 42.7 Å². The van der Waals surface area contributed by atoms with E-state index in [0.717, 1.165) is 17.5 Å². The molecule has 2 heterocycles. The largest absolute Gasteiger partial charge is 0.314 e. The number of nitrogens with zero attached hydrogens (tertiary/aromatic N) is 3. The SMILES string of the molecule is CNCc1c(-c2cc(Cl)c(F)cn2)cnn1C. The van der Waals surface area contributed by atoms with Crippen LogP contribution in [0.5, 0.6) is 0 Å². The van der Waals surface area contributed by atoms with Crippen molar-refractivity contribution < 1.29 is 4.39 Å². The molecule has 0 saturated heterocycles. The molecule has 0 aliphatic rings. The summed E-state index contributed by atoms with van der Waals surface area (Å²) in [6.45, 7) is 0.655. The van der Waals surface area contributed by atoms with Crippen LogP contribution in [-0.4, -0.2) is 21.8 Å². The number of halogens is 2. The smallest absolute Gasteiger partial charge is 0.160 e. The lowest BCUT2D eigenvalue weighted by Crippen LogP contribution is -2.10. The summed E-state index contributed by atoms with van der Waals surface area (Å²) in [4.78, 5) is 4.03. The zero-order chi connectivity index (χ0) is 12.4. The van der Waals surface area contributed by atoms with Gasteiger partial charge in [-0.05, 0) is 13.1 Å². The van der Waals surface area contributed by atoms with Gasteiger partial charge in [-0.3, -0.25) is 9.67 Å². The number of nitrogens with one attached hydrogen (secondary N) is 1. The van der Waals surface area contributed by atoms with Crippen LogP contribution < -0.4 is 5.32 Å². The lowest BCUT2D eigenvalue weighted by Gasteiger charge is -2.05. The zero-order valence-electron chi connectivity index (χ0n) is 9.54. The van der Waals surface area contributed by atoms with Crippen LogP contribution in [0.2, 0.25) is 5.02 Å². The monoisotopic (exact) mass is 254 g/mol. The number of hydrogen-bond acceptors (Lipinski definition) is 3. The molecule has 0 radical (unpaired) electrons. The lowest BCUT2D eigenvalue weighted by atomic mass is 10.1. The third kappa shape index (κ3) is 2.30. The quantitative estimate of drug-likeness (QED) is 0.911. The minimum Gasteiger partial charge on any atom is -0.314 e. The maximum absolute atomic E-state index is 13.0. The number of aromatic nitrogens is 3. The molecule has 0 aliphatic heterocycles. The first-order chi connectivity index (χ1) is 8.13. The molecule has 0 bridgehead atoms. The predicted molar refractivity (Wildman–Crippen MR) is 64.2 cm³/mol. The Balaban J connectivity index is 2.48. The third-order valence-corrected chi connectivity index (χ3v) is 2.78. The van der Waals surface area contributed by atoms with Crippen molar-refractivity contribution in [1.29, 1.82) is 0 Å². The van der Waals surface area contributed by atoms with Gasteiger partial charge in [-0.25, -0.2) is 4.39 Å². The van der Waals surface area contributed by atoms with E-state index in [1.54, 1.807) is 10.9 Å². The van der Waals surface area contributed by atoms with E-state index in [1.165, 1.54) is 6.07 Å². The molecular formula is C11H12ClFN4. The van der Waals surface area contributed by atoms with E-state index in [-0.39, 0.29) is 5.02 Å². The second-order valence-electron chi connectivity index (χ2n) is 3.64. The number of rotatable bonds is 3. The van der Waals surface area contributed by atoms with Crippen molar-refractivity contribution in [2.24, 2.45) is 7.05 Å². The highest BCUT2D eigenvalue weighted by molar-refractivity contribution is 6.30. The summed E-state index contributed by atoms with van der Waals surface area (Å²) in [5, 5.41) is 7.28. The molecule has 17 heavy (non-hydrogen) atoms. The van der Waals surface area contributed by atoms with Gasteiger partial charge < -0.3 is 5.32 Å². The molecule has 1 N–H and O–H groups in total. The van der Waals surface area contributed by atoms with E-state index in [0.29, 0.717) is 12.2 Å². The molecular weight excluding hydrogens is 243 g/mol. The van der Waals surface area contributed by atoms with Gasteiger partial charge in [0.25, 0.3) is 0 Å². The van der Waals surface area contributed by atoms with Crippen LogP contribution in [0.15, 0.2) is 18.5 Å². The Kier molecular flexibility index (Phi) is 3.40. The molecule has 2 aromatic heterocycles. The molecule has 4 nitrogen and oxygen atoms in total. The highest BCUT2D eigenvalue weighted by atomic mass is 35.5. The van der Waals surface area contributed by atoms with Crippen molar-refractivity contribution in [3.8, 4) is 11.3 Å². The molecule has 0 fully saturated rings. The molecule has 0 spiro atoms. The van der Waals surface area contributed by atoms with Gasteiger partial charge in [-0.1, -0.05) is 11.6 Å². The van der Waals surface area contributed by atoms with Crippen molar-refractivity contribution in [2.75, 3.05) is 7.05 Å². The molecule has 6 heteroatoms. The van der Waals surface area contributed by atoms with Crippen LogP contribution >= 0.6 is 11.6 Å². The Labute approximate surface area is 103 Å². The fourth-order valence-corrected chi connectivity index (χ4v) is 1.77. The standard InChI is InChI=1S/C11H12ClFN4/c1-14-6-11-7(4-16-17(11)2)10-3-8(12)9(13)5-15-10/h3-5,14H,6H2,1-2H3. The van der Waals surface area contributed by atoms with E-state index >= 15 is 0 Å². The van der Waals surface area contributed by atoms with Gasteiger partial charge in [0.2, 0.25) is 0 Å². The van der Waals surface area contributed by atoms with Crippen LogP contribution in [-0.2, 0) is 13.6 Å². The molecule has 0 saturated carbocycles. The van der Waals surface area contributed by atoms with Gasteiger partial charge in [0.05, 0.1) is 28.8 Å². The molecule has 0 aromatic carbocycles. The Morgan fingerprint density at radius 2 is 2.24 bits per heavy atom. The normalized spacial score (nSPS) is 10.8. The van der Waals surface area contributed by atoms with E-state index in [2.05, 4.69) is 15.4 Å². The van der Waals surface area contributed by atoms with Gasteiger partial charge in [0, 0.05) is 19.2 Å². The van der Waals surface area contributed by atoms with Gasteiger partial charge >= 0.3 is 0 Å². The first-order valence-corrected chi connectivity index (χ1v) is 5.48. The Morgan fingerprint density at radius 3 is 2.88 bits per heavy atom. The average molecular weight is 255 g/mol. The van der Waals surface area contributed by atoms with Crippen molar-refractivity contribution in [3.05, 3.63) is 35.0 Å². The number of pyridine rings is 1. The maximum atomic E-state index is 13.0. The van der Waals surface area contributed by atoms with Gasteiger partial charge in [-0.2, -0.15) is 5.10 Å². The van der Waals surface area contributed by atoms with Gasteiger partial charge in [0.15, 0.2) is 5.82 Å². The molecule has 0 atom stereocenters. The van der Waals surface area contributed by atoms with E-state index in [4.69, 9.17) is 11.6 Å². The number of aryl methyl sites for hydroxylation is 1. The predicted octanol–water partition coefficient (Wildman–Crippen LogP) is 1.99. The highest BCUT2D eigenvalue weighted by Crippen LogP contribution is 2.25. The van der Waals surface area contributed by atoms with Crippen LogP contribution in [0.1, 0.15) is 5.69 Å². The summed E-state index contributed by atoms with van der Waals surface area (Å²) >= 11 is 5.74. The van der Waals surface area contributed by atoms with Crippen molar-refractivity contribution in [1.82, 2.24) is 20.1 Å². The summed E-state index contributed by atoms with van der Waals surface area (Å²) < 4.78 is 14.8. The second-order valence-corrected chi connectivity index (χ2v) is 4.05. The van der Waals surface area contributed by atoms with Gasteiger partial charge in [-0.15, -0.1) is 0 Å². The van der Waals surface area contributed by atoms with E-state index < -0.39 is 5.82 Å². The van der Waals surface area contributed by atoms with Gasteiger partial charge in [0.1, 0.15) is 0 Å². The van der Waals surface area contributed by atoms with Crippen molar-refractivity contribution in [3.63, 3.8) is 0 Å². The fraction of sp³-hybridized carbons (Fsp3) is 0.273. The minimum atomic E-state index is -0.519. The molecule has 2 rings (SSSR count). The molecule has 90 valence electrons. The summed E-state index contributed by atoms with van der Waals surface area (Å²) in [7, 11) is 3.70. The van der Waals surface area contributed by atoms with Crippen molar-refractivity contribution in [2.45, 2.75) is 6.54 Å². The Bertz CT molecular complexity index is 538. The van der Waals surface area contributed by atoms with Crippen LogP contribution in [0.25, 0.3) is 11.3 Å². The zero-order valence-corrected chi connectivity index (χ0v) is 10.3. The summed E-state index contributed by atoms with van der Waals surface area (Å²) in [6.07, 6.45) is 2.82. The highest BCUT2D eigenvalue weighted by Gasteiger charge is 2.12. The molecule has 0 amide bonds. The van der Waals surface area contributed by atoms with E-state index in [1.807, 2.05) is 14.1 Å². The minimum absolute atomic E-state index is 0.0641. The van der Waals surface area contributed by atoms with Crippen molar-refractivity contribution >= 4 is 11.6 Å². The summed E-state index contributed by atoms with van der Waals surface area (Å²) in [6, 6.07) is 1.51. The Morgan fingerprint density at radius 1 is 1.47 bits per heavy atom. The second kappa shape index (κ2) is 4.81. The first-order valence-electron chi connectivity index (χ1n) is 5.10.